The topological polar surface area (TPSA) is 45.6 Å². The second-order valence-corrected chi connectivity index (χ2v) is 5.05. The van der Waals surface area contributed by atoms with Gasteiger partial charge in [-0.05, 0) is 30.3 Å². The van der Waals surface area contributed by atoms with E-state index in [1.807, 2.05) is 12.1 Å². The fourth-order valence-corrected chi connectivity index (χ4v) is 2.55. The number of piperazine rings is 1. The van der Waals surface area contributed by atoms with Gasteiger partial charge in [-0.3, -0.25) is 4.90 Å². The third-order valence-corrected chi connectivity index (χ3v) is 3.64. The molecule has 3 rings (SSSR count). The normalized spacial score (nSPS) is 16.6. The lowest BCUT2D eigenvalue weighted by Gasteiger charge is -2.35. The summed E-state index contributed by atoms with van der Waals surface area (Å²) in [6, 6.07) is 8.76. The molecule has 1 fully saturated rings. The fourth-order valence-electron chi connectivity index (χ4n) is 2.55. The molecule has 0 radical (unpaired) electrons. The van der Waals surface area contributed by atoms with Crippen LogP contribution in [0.2, 0.25) is 0 Å². The van der Waals surface area contributed by atoms with Crippen molar-refractivity contribution >= 4 is 11.4 Å². The van der Waals surface area contributed by atoms with Crippen LogP contribution in [0.15, 0.2) is 41.0 Å². The molecule has 0 amide bonds. The zero-order valence-electron chi connectivity index (χ0n) is 11.3. The summed E-state index contributed by atoms with van der Waals surface area (Å²) in [6.07, 6.45) is 1.69. The van der Waals surface area contributed by atoms with Crippen molar-refractivity contribution in [3.8, 4) is 0 Å². The van der Waals surface area contributed by atoms with Crippen LogP contribution in [0.5, 0.6) is 0 Å². The minimum atomic E-state index is -0.246. The Kier molecular flexibility index (Phi) is 3.60. The van der Waals surface area contributed by atoms with Crippen molar-refractivity contribution in [1.82, 2.24) is 4.90 Å². The van der Waals surface area contributed by atoms with E-state index in [4.69, 9.17) is 10.2 Å². The van der Waals surface area contributed by atoms with Crippen LogP contribution in [0.3, 0.4) is 0 Å². The molecule has 0 atom stereocenters. The lowest BCUT2D eigenvalue weighted by atomic mass is 10.2. The van der Waals surface area contributed by atoms with Gasteiger partial charge in [0.2, 0.25) is 0 Å². The number of nitrogens with zero attached hydrogens (tertiary/aromatic N) is 2. The Balaban J connectivity index is 1.60. The molecule has 1 saturated heterocycles. The molecular formula is C15H18FN3O. The second kappa shape index (κ2) is 5.54. The molecule has 20 heavy (non-hydrogen) atoms. The van der Waals surface area contributed by atoms with Crippen molar-refractivity contribution in [3.05, 3.63) is 48.2 Å². The summed E-state index contributed by atoms with van der Waals surface area (Å²) < 4.78 is 19.2. The molecule has 2 N–H and O–H groups in total. The number of halogens is 1. The third-order valence-electron chi connectivity index (χ3n) is 3.64. The van der Waals surface area contributed by atoms with E-state index in [2.05, 4.69) is 9.80 Å². The number of nitrogen functional groups attached to an aromatic ring is 1. The van der Waals surface area contributed by atoms with E-state index in [-0.39, 0.29) is 5.82 Å². The first-order chi connectivity index (χ1) is 9.72. The molecule has 2 aromatic rings. The zero-order chi connectivity index (χ0) is 13.9. The van der Waals surface area contributed by atoms with E-state index < -0.39 is 0 Å². The van der Waals surface area contributed by atoms with Crippen molar-refractivity contribution in [1.29, 1.82) is 0 Å². The number of nitrogens with two attached hydrogens (primary N) is 1. The summed E-state index contributed by atoms with van der Waals surface area (Å²) in [7, 11) is 0. The van der Waals surface area contributed by atoms with E-state index in [1.54, 1.807) is 18.4 Å². The van der Waals surface area contributed by atoms with E-state index in [0.29, 0.717) is 11.4 Å². The smallest absolute Gasteiger partial charge is 0.148 e. The minimum Gasteiger partial charge on any atom is -0.468 e. The van der Waals surface area contributed by atoms with Crippen LogP contribution < -0.4 is 10.6 Å². The van der Waals surface area contributed by atoms with Crippen molar-refractivity contribution < 1.29 is 8.81 Å². The first kappa shape index (κ1) is 13.0. The van der Waals surface area contributed by atoms with Crippen molar-refractivity contribution in [2.24, 2.45) is 0 Å². The van der Waals surface area contributed by atoms with Gasteiger partial charge in [-0.15, -0.1) is 0 Å². The summed E-state index contributed by atoms with van der Waals surface area (Å²) in [4.78, 5) is 4.37. The van der Waals surface area contributed by atoms with Gasteiger partial charge in [-0.1, -0.05) is 0 Å². The van der Waals surface area contributed by atoms with Gasteiger partial charge in [-0.2, -0.15) is 0 Å². The highest BCUT2D eigenvalue weighted by molar-refractivity contribution is 5.54. The van der Waals surface area contributed by atoms with E-state index in [9.17, 15) is 4.39 Å². The SMILES string of the molecule is Nc1ccc(N2CCN(Cc3ccco3)CC2)c(F)c1. The Bertz CT molecular complexity index is 563. The number of hydrogen-bond acceptors (Lipinski definition) is 4. The van der Waals surface area contributed by atoms with Crippen molar-refractivity contribution in [2.75, 3.05) is 36.8 Å². The first-order valence-corrected chi connectivity index (χ1v) is 6.77. The van der Waals surface area contributed by atoms with Crippen LogP contribution in [-0.4, -0.2) is 31.1 Å². The number of furan rings is 1. The summed E-state index contributed by atoms with van der Waals surface area (Å²) in [5.41, 5.74) is 6.67. The Morgan fingerprint density at radius 2 is 1.95 bits per heavy atom. The van der Waals surface area contributed by atoms with E-state index in [0.717, 1.165) is 38.5 Å². The molecule has 106 valence electrons. The average molecular weight is 275 g/mol. The standard InChI is InChI=1S/C15H18FN3O/c16-14-10-12(17)3-4-15(14)19-7-5-18(6-8-19)11-13-2-1-9-20-13/h1-4,9-10H,5-8,11,17H2. The van der Waals surface area contributed by atoms with Gasteiger partial charge in [0.1, 0.15) is 11.6 Å². The minimum absolute atomic E-state index is 0.246. The van der Waals surface area contributed by atoms with Crippen LogP contribution in [0.1, 0.15) is 5.76 Å². The summed E-state index contributed by atoms with van der Waals surface area (Å²) in [6.45, 7) is 4.21. The van der Waals surface area contributed by atoms with Gasteiger partial charge in [0, 0.05) is 31.9 Å². The maximum Gasteiger partial charge on any atom is 0.148 e. The molecule has 0 saturated carbocycles. The Hall–Kier alpha value is -2.01. The number of anilines is 2. The highest BCUT2D eigenvalue weighted by Crippen LogP contribution is 2.23. The first-order valence-electron chi connectivity index (χ1n) is 6.77. The van der Waals surface area contributed by atoms with Gasteiger partial charge in [-0.25, -0.2) is 4.39 Å². The summed E-state index contributed by atoms with van der Waals surface area (Å²) in [5.74, 6) is 0.724. The van der Waals surface area contributed by atoms with Crippen molar-refractivity contribution in [3.63, 3.8) is 0 Å². The Labute approximate surface area is 117 Å². The molecule has 0 aliphatic carbocycles. The molecule has 1 aromatic carbocycles. The van der Waals surface area contributed by atoms with Gasteiger partial charge in [0.25, 0.3) is 0 Å². The van der Waals surface area contributed by atoms with Crippen LogP contribution >= 0.6 is 0 Å². The van der Waals surface area contributed by atoms with Gasteiger partial charge in [0.15, 0.2) is 0 Å². The molecule has 1 aliphatic heterocycles. The third kappa shape index (κ3) is 2.77. The fraction of sp³-hybridized carbons (Fsp3) is 0.333. The summed E-state index contributed by atoms with van der Waals surface area (Å²) in [5, 5.41) is 0. The van der Waals surface area contributed by atoms with Crippen LogP contribution in [0.4, 0.5) is 15.8 Å². The maximum atomic E-state index is 13.9. The highest BCUT2D eigenvalue weighted by Gasteiger charge is 2.20. The molecule has 0 unspecified atom stereocenters. The van der Waals surface area contributed by atoms with E-state index in [1.165, 1.54) is 6.07 Å². The van der Waals surface area contributed by atoms with Crippen LogP contribution in [-0.2, 0) is 6.54 Å². The largest absolute Gasteiger partial charge is 0.468 e. The van der Waals surface area contributed by atoms with Gasteiger partial charge >= 0.3 is 0 Å². The summed E-state index contributed by atoms with van der Waals surface area (Å²) >= 11 is 0. The molecular weight excluding hydrogens is 257 g/mol. The molecule has 0 spiro atoms. The van der Waals surface area contributed by atoms with Gasteiger partial charge < -0.3 is 15.1 Å². The molecule has 5 heteroatoms. The Morgan fingerprint density at radius 1 is 1.15 bits per heavy atom. The monoisotopic (exact) mass is 275 g/mol. The number of hydrogen-bond donors (Lipinski definition) is 1. The number of rotatable bonds is 3. The maximum absolute atomic E-state index is 13.9. The number of benzene rings is 1. The molecule has 1 aromatic heterocycles. The molecule has 1 aliphatic rings. The lowest BCUT2D eigenvalue weighted by molar-refractivity contribution is 0.230. The highest BCUT2D eigenvalue weighted by atomic mass is 19.1. The van der Waals surface area contributed by atoms with Crippen molar-refractivity contribution in [2.45, 2.75) is 6.54 Å². The lowest BCUT2D eigenvalue weighted by Crippen LogP contribution is -2.46. The molecule has 2 heterocycles. The second-order valence-electron chi connectivity index (χ2n) is 5.05. The van der Waals surface area contributed by atoms with Crippen LogP contribution in [0.25, 0.3) is 0 Å². The predicted octanol–water partition coefficient (Wildman–Crippen LogP) is 2.32. The quantitative estimate of drug-likeness (QED) is 0.873. The molecule has 4 nitrogen and oxygen atoms in total. The average Bonchev–Trinajstić information content (AvgIpc) is 2.93. The Morgan fingerprint density at radius 3 is 2.60 bits per heavy atom. The predicted molar refractivity (Wildman–Crippen MR) is 77.0 cm³/mol. The van der Waals surface area contributed by atoms with E-state index >= 15 is 0 Å². The van der Waals surface area contributed by atoms with Crippen LogP contribution in [0, 0.1) is 5.82 Å². The zero-order valence-corrected chi connectivity index (χ0v) is 11.3. The van der Waals surface area contributed by atoms with Gasteiger partial charge in [0.05, 0.1) is 18.5 Å². The molecule has 0 bridgehead atoms.